The maximum absolute atomic E-state index is 13.0. The monoisotopic (exact) mass is 519 g/mol. The van der Waals surface area contributed by atoms with Gasteiger partial charge in [0.2, 0.25) is 5.95 Å². The van der Waals surface area contributed by atoms with Crippen LogP contribution in [0.15, 0.2) is 47.4 Å². The first-order chi connectivity index (χ1) is 14.5. The zero-order valence-electron chi connectivity index (χ0n) is 17.6. The van der Waals surface area contributed by atoms with Crippen molar-refractivity contribution < 1.29 is 105 Å². The van der Waals surface area contributed by atoms with Crippen molar-refractivity contribution in [2.45, 2.75) is 11.6 Å². The second-order valence-corrected chi connectivity index (χ2v) is 8.53. The summed E-state index contributed by atoms with van der Waals surface area (Å²) < 4.78 is 63.4. The number of rotatable bonds is 7. The number of aromatic nitrogens is 2. The van der Waals surface area contributed by atoms with Crippen LogP contribution in [0.4, 0.5) is 15.1 Å². The predicted octanol–water partition coefficient (Wildman–Crippen LogP) is -5.07. The molecule has 166 valence electrons. The quantitative estimate of drug-likeness (QED) is 0.181. The predicted molar refractivity (Wildman–Crippen MR) is 98.7 cm³/mol. The number of nitrogens with one attached hydrogen (secondary N) is 1. The van der Waals surface area contributed by atoms with E-state index in [2.05, 4.69) is 19.6 Å². The van der Waals surface area contributed by atoms with E-state index in [0.29, 0.717) is 0 Å². The molecule has 17 heteroatoms. The van der Waals surface area contributed by atoms with Gasteiger partial charge in [0.1, 0.15) is 23.2 Å². The van der Waals surface area contributed by atoms with E-state index in [9.17, 15) is 32.0 Å². The van der Waals surface area contributed by atoms with Crippen LogP contribution in [0, 0.1) is 5.82 Å². The molecule has 0 bridgehead atoms. The van der Waals surface area contributed by atoms with Crippen LogP contribution in [0.2, 0.25) is 0 Å². The van der Waals surface area contributed by atoms with Crippen LogP contribution in [-0.4, -0.2) is 31.2 Å². The molecule has 0 radical (unpaired) electrons. The largest absolute Gasteiger partial charge is 1.00 e. The fraction of sp³-hybridized carbons (Fsp3) is 0.125. The summed E-state index contributed by atoms with van der Waals surface area (Å²) in [6.07, 6.45) is -0.945. The van der Waals surface area contributed by atoms with Crippen LogP contribution in [-0.2, 0) is 30.7 Å². The number of anilines is 1. The molecule has 1 N–H and O–H groups in total. The number of hydrogen-bond donors (Lipinski definition) is 1. The van der Waals surface area contributed by atoms with Gasteiger partial charge < -0.3 is 27.8 Å². The minimum Gasteiger partial charge on any atom is -0.790 e. The molecule has 0 fully saturated rings. The molecule has 3 aromatic rings. The number of carbonyl (C=O) groups is 1. The molecular weight excluding hydrogens is 506 g/mol. The molecule has 0 saturated carbocycles. The number of fused-ring (bicyclic) bond motifs is 1. The molecule has 0 saturated heterocycles. The minimum atomic E-state index is -5.39. The second kappa shape index (κ2) is 12.1. The molecule has 0 atom stereocenters. The Kier molecular flexibility index (Phi) is 11.0. The van der Waals surface area contributed by atoms with Crippen LogP contribution in [0.25, 0.3) is 11.0 Å². The van der Waals surface area contributed by atoms with E-state index in [4.69, 9.17) is 4.18 Å². The number of halogens is 1. The Labute approximate surface area is 231 Å². The molecule has 1 heterocycles. The van der Waals surface area contributed by atoms with Crippen LogP contribution in [0.1, 0.15) is 0 Å². The van der Waals surface area contributed by atoms with Crippen molar-refractivity contribution in [2.75, 3.05) is 12.4 Å². The van der Waals surface area contributed by atoms with Gasteiger partial charge in [-0.25, -0.2) is 14.2 Å². The van der Waals surface area contributed by atoms with Crippen molar-refractivity contribution in [2.24, 2.45) is 0 Å². The molecule has 0 aliphatic rings. The summed E-state index contributed by atoms with van der Waals surface area (Å²) >= 11 is 0. The molecule has 3 rings (SSSR count). The Hall–Kier alpha value is -1.03. The molecule has 0 aliphatic heterocycles. The molecule has 0 unspecified atom stereocenters. The third kappa shape index (κ3) is 8.01. The summed E-state index contributed by atoms with van der Waals surface area (Å²) in [6.45, 7) is -0.867. The summed E-state index contributed by atoms with van der Waals surface area (Å²) in [6, 6.07) is 7.64. The molecule has 1 aromatic heterocycles. The van der Waals surface area contributed by atoms with Crippen molar-refractivity contribution in [1.82, 2.24) is 9.55 Å². The Bertz CT molecular complexity index is 1280. The van der Waals surface area contributed by atoms with Crippen LogP contribution in [0.3, 0.4) is 0 Å². The molecule has 1 amide bonds. The number of nitrogens with zero attached hydrogens (tertiary/aromatic N) is 2. The van der Waals surface area contributed by atoms with E-state index in [1.54, 1.807) is 0 Å². The van der Waals surface area contributed by atoms with Gasteiger partial charge >= 0.3 is 75.3 Å². The van der Waals surface area contributed by atoms with Crippen molar-refractivity contribution in [3.8, 4) is 5.75 Å². The topological polar surface area (TPSA) is 172 Å². The molecule has 0 spiro atoms. The average molecular weight is 519 g/mol. The van der Waals surface area contributed by atoms with Gasteiger partial charge in [0.25, 0.3) is 0 Å². The van der Waals surface area contributed by atoms with Gasteiger partial charge in [-0.05, 0) is 36.4 Å². The zero-order chi connectivity index (χ0) is 22.8. The Morgan fingerprint density at radius 2 is 1.82 bits per heavy atom. The van der Waals surface area contributed by atoms with E-state index in [-0.39, 0.29) is 86.7 Å². The van der Waals surface area contributed by atoms with Gasteiger partial charge in [-0.2, -0.15) is 8.42 Å². The number of phosphoric ester groups is 1. The van der Waals surface area contributed by atoms with Crippen molar-refractivity contribution in [3.63, 3.8) is 0 Å². The maximum atomic E-state index is 13.0. The number of hydrogen-bond acceptors (Lipinski definition) is 10. The number of ether oxygens (including phenoxy) is 1. The summed E-state index contributed by atoms with van der Waals surface area (Å²) in [5, 5.41) is 2.21. The standard InChI is InChI=1S/C16H15FN3O9PS.2Na/c1-27-16(21)19-15-18-13-7-4-11(8-14(13)20(15)9-28-30(22,23)24)29-31(25,26)12-5-2-10(17)3-6-12;;/h2-8H,9H2,1H3,(H,18,19,21)(H2,22,23,24);;/q;2*+1/p-2. The fourth-order valence-electron chi connectivity index (χ4n) is 2.43. The smallest absolute Gasteiger partial charge is 0.790 e. The van der Waals surface area contributed by atoms with E-state index < -0.39 is 36.6 Å². The van der Waals surface area contributed by atoms with E-state index in [0.717, 1.165) is 42.0 Å². The van der Waals surface area contributed by atoms with E-state index >= 15 is 0 Å². The summed E-state index contributed by atoms with van der Waals surface area (Å²) in [5.41, 5.74) is 0.236. The normalized spacial score (nSPS) is 11.3. The number of benzene rings is 2. The molecule has 0 aliphatic carbocycles. The maximum Gasteiger partial charge on any atom is 1.00 e. The first kappa shape index (κ1) is 30.0. The van der Waals surface area contributed by atoms with Gasteiger partial charge in [0.15, 0.2) is 0 Å². The fourth-order valence-corrected chi connectivity index (χ4v) is 3.61. The SMILES string of the molecule is COC(=O)Nc1nc2ccc(OS(=O)(=O)c3ccc(F)cc3)cc2n1COP(=O)([O-])[O-].[Na+].[Na+]. The van der Waals surface area contributed by atoms with Crippen molar-refractivity contribution >= 4 is 41.0 Å². The molecule has 33 heavy (non-hydrogen) atoms. The third-order valence-electron chi connectivity index (χ3n) is 3.77. The molecule has 12 nitrogen and oxygen atoms in total. The minimum absolute atomic E-state index is 0. The number of methoxy groups -OCH3 is 1. The Balaban J connectivity index is 0.00000272. The number of phosphoric acid groups is 1. The van der Waals surface area contributed by atoms with Gasteiger partial charge in [-0.15, -0.1) is 0 Å². The zero-order valence-corrected chi connectivity index (χ0v) is 23.3. The second-order valence-electron chi connectivity index (χ2n) is 5.83. The molecule has 2 aromatic carbocycles. The Morgan fingerprint density at radius 3 is 2.39 bits per heavy atom. The van der Waals surface area contributed by atoms with E-state index in [1.807, 2.05) is 0 Å². The van der Waals surface area contributed by atoms with Crippen LogP contribution >= 0.6 is 7.82 Å². The van der Waals surface area contributed by atoms with Gasteiger partial charge in [-0.3, -0.25) is 9.88 Å². The average Bonchev–Trinajstić information content (AvgIpc) is 3.02. The first-order valence-corrected chi connectivity index (χ1v) is 11.1. The number of imidazole rings is 1. The molecular formula is C16H13FN3Na2O9PS. The Morgan fingerprint density at radius 1 is 1.18 bits per heavy atom. The van der Waals surface area contributed by atoms with E-state index in [1.165, 1.54) is 12.1 Å². The number of amides is 1. The van der Waals surface area contributed by atoms with Gasteiger partial charge in [-0.1, -0.05) is 0 Å². The summed E-state index contributed by atoms with van der Waals surface area (Å²) in [7, 11) is -8.63. The number of carbonyl (C=O) groups excluding carboxylic acids is 1. The van der Waals surface area contributed by atoms with Crippen LogP contribution < -0.4 is 78.4 Å². The third-order valence-corrected chi connectivity index (χ3v) is 5.47. The van der Waals surface area contributed by atoms with Gasteiger partial charge in [0, 0.05) is 6.07 Å². The van der Waals surface area contributed by atoms with Crippen molar-refractivity contribution in [3.05, 3.63) is 48.3 Å². The van der Waals surface area contributed by atoms with Crippen molar-refractivity contribution in [1.29, 1.82) is 0 Å². The van der Waals surface area contributed by atoms with Gasteiger partial charge in [0.05, 0.1) is 26.0 Å². The summed E-state index contributed by atoms with van der Waals surface area (Å²) in [4.78, 5) is 37.0. The first-order valence-electron chi connectivity index (χ1n) is 8.20. The summed E-state index contributed by atoms with van der Waals surface area (Å²) in [5.74, 6) is -1.09. The van der Waals surface area contributed by atoms with Crippen LogP contribution in [0.5, 0.6) is 5.75 Å².